The number of halogens is 3. The van der Waals surface area contributed by atoms with Gasteiger partial charge in [0.25, 0.3) is 0 Å². The van der Waals surface area contributed by atoms with Crippen LogP contribution < -0.4 is 0 Å². The Bertz CT molecular complexity index is 568. The molecule has 2 aromatic heterocycles. The molecule has 0 bridgehead atoms. The van der Waals surface area contributed by atoms with E-state index in [0.717, 1.165) is 0 Å². The number of rotatable bonds is 0. The molecule has 0 amide bonds. The van der Waals surface area contributed by atoms with Crippen LogP contribution in [0.3, 0.4) is 0 Å². The van der Waals surface area contributed by atoms with E-state index in [4.69, 9.17) is 0 Å². The second-order valence-corrected chi connectivity index (χ2v) is 15.1. The average Bonchev–Trinajstić information content (AvgIpc) is 2.86. The summed E-state index contributed by atoms with van der Waals surface area (Å²) in [7, 11) is -1.20. The van der Waals surface area contributed by atoms with Gasteiger partial charge in [0.2, 0.25) is 0 Å². The Labute approximate surface area is 153 Å². The van der Waals surface area contributed by atoms with Crippen LogP contribution in [-0.2, 0) is 0 Å². The van der Waals surface area contributed by atoms with Gasteiger partial charge in [-0.3, -0.25) is 0 Å². The predicted octanol–water partition coefficient (Wildman–Crippen LogP) is 5.00. The molecule has 2 aromatic rings. The van der Waals surface area contributed by atoms with E-state index < -0.39 is 8.07 Å². The van der Waals surface area contributed by atoms with Gasteiger partial charge in [0.1, 0.15) is 0 Å². The summed E-state index contributed by atoms with van der Waals surface area (Å²) in [5.74, 6) is 3.24. The first-order valence-electron chi connectivity index (χ1n) is 5.41. The summed E-state index contributed by atoms with van der Waals surface area (Å²) < 4.78 is 3.59. The van der Waals surface area contributed by atoms with E-state index in [9.17, 15) is 0 Å². The Morgan fingerprint density at radius 2 is 1.32 bits per heavy atom. The van der Waals surface area contributed by atoms with Crippen molar-refractivity contribution in [2.24, 2.45) is 0 Å². The molecule has 2 heterocycles. The Morgan fingerprint density at radius 3 is 1.63 bits per heavy atom. The van der Waals surface area contributed by atoms with Crippen LogP contribution in [0.15, 0.2) is 33.2 Å². The zero-order valence-corrected chi connectivity index (χ0v) is 19.9. The predicted molar refractivity (Wildman–Crippen MR) is 100 cm³/mol. The van der Waals surface area contributed by atoms with E-state index in [0.29, 0.717) is 29.0 Å². The van der Waals surface area contributed by atoms with Crippen molar-refractivity contribution in [3.05, 3.63) is 38.7 Å². The second kappa shape index (κ2) is 8.61. The van der Waals surface area contributed by atoms with Crippen LogP contribution in [0.2, 0.25) is 19.6 Å². The van der Waals surface area contributed by atoms with Crippen LogP contribution in [0.4, 0.5) is 0 Å². The Morgan fingerprint density at radius 1 is 0.842 bits per heavy atom. The third-order valence-electron chi connectivity index (χ3n) is 1.76. The molecule has 0 saturated carbocycles. The van der Waals surface area contributed by atoms with Crippen LogP contribution in [-0.4, -0.2) is 37.1 Å². The van der Waals surface area contributed by atoms with Gasteiger partial charge in [0.15, 0.2) is 0 Å². The zero-order valence-electron chi connectivity index (χ0n) is 10.8. The summed E-state index contributed by atoms with van der Waals surface area (Å²) >= 11 is 11.3. The fraction of sp³-hybridized carbons (Fsp3) is 0.231. The fourth-order valence-corrected chi connectivity index (χ4v) is 7.06. The molecule has 0 radical (unpaired) electrons. The van der Waals surface area contributed by atoms with E-state index in [1.54, 1.807) is 0 Å². The van der Waals surface area contributed by atoms with Crippen LogP contribution in [0, 0.1) is 11.5 Å². The molecule has 0 spiro atoms. The fourth-order valence-electron chi connectivity index (χ4n) is 0.892. The molecule has 0 unspecified atom stereocenters. The van der Waals surface area contributed by atoms with Crippen molar-refractivity contribution in [3.63, 3.8) is 0 Å². The molecule has 0 atom stereocenters. The van der Waals surface area contributed by atoms with Crippen LogP contribution in [0.1, 0.15) is 5.56 Å². The van der Waals surface area contributed by atoms with Gasteiger partial charge in [-0.2, -0.15) is 0 Å². The number of hydrogen-bond acceptors (Lipinski definition) is 0. The van der Waals surface area contributed by atoms with E-state index >= 15 is 0 Å². The normalized spacial score (nSPS) is 10.2. The monoisotopic (exact) mass is 594 g/mol. The van der Waals surface area contributed by atoms with Gasteiger partial charge in [-0.1, -0.05) is 0 Å². The third kappa shape index (κ3) is 7.69. The molecule has 102 valence electrons. The minimum absolute atomic E-state index is 0.530. The topological polar surface area (TPSA) is 0 Å². The van der Waals surface area contributed by atoms with Gasteiger partial charge < -0.3 is 0 Å². The van der Waals surface area contributed by atoms with Gasteiger partial charge in [0.05, 0.1) is 0 Å². The molecule has 0 fully saturated rings. The van der Waals surface area contributed by atoms with Gasteiger partial charge in [-0.05, 0) is 0 Å². The van der Waals surface area contributed by atoms with Crippen molar-refractivity contribution in [3.8, 4) is 11.5 Å². The molecule has 0 aliphatic rings. The first kappa shape index (κ1) is 18.3. The van der Waals surface area contributed by atoms with Crippen molar-refractivity contribution in [1.82, 2.24) is 0 Å². The standard InChI is InChI=1S/C9H11BrSeSi.C4H2Br2Se/c1-12(2,3)5-4-8-6-11-7-9(8)10;5-3-1-7-2-4(3)6/h6-7H,1-3H3;1-2H. The molecule has 19 heavy (non-hydrogen) atoms. The number of hydrogen-bond donors (Lipinski definition) is 0. The molecule has 0 saturated heterocycles. The van der Waals surface area contributed by atoms with Crippen molar-refractivity contribution in [2.75, 3.05) is 0 Å². The summed E-state index contributed by atoms with van der Waals surface area (Å²) in [6, 6.07) is 0. The maximum atomic E-state index is 3.49. The third-order valence-corrected chi connectivity index (χ3v) is 10.3. The van der Waals surface area contributed by atoms with Gasteiger partial charge in [0, 0.05) is 0 Å². The van der Waals surface area contributed by atoms with E-state index in [2.05, 4.69) is 98.7 Å². The van der Waals surface area contributed by atoms with Crippen molar-refractivity contribution in [2.45, 2.75) is 19.6 Å². The first-order valence-corrected chi connectivity index (χ1v) is 15.2. The molecule has 2 rings (SSSR count). The van der Waals surface area contributed by atoms with Gasteiger partial charge in [-0.15, -0.1) is 0 Å². The Kier molecular flexibility index (Phi) is 8.28. The first-order chi connectivity index (χ1) is 8.79. The Hall–Kier alpha value is 1.22. The Balaban J connectivity index is 0.000000218. The molecule has 0 aliphatic carbocycles. The van der Waals surface area contributed by atoms with Crippen LogP contribution in [0.25, 0.3) is 0 Å². The second-order valence-electron chi connectivity index (χ2n) is 4.70. The minimum atomic E-state index is -1.20. The summed E-state index contributed by atoms with van der Waals surface area (Å²) in [6.45, 7) is 6.79. The summed E-state index contributed by atoms with van der Waals surface area (Å²) in [5, 5.41) is 0. The molecular formula is C13H13Br3Se2Si. The van der Waals surface area contributed by atoms with Gasteiger partial charge in [-0.25, -0.2) is 0 Å². The molecule has 0 nitrogen and oxygen atoms in total. The maximum absolute atomic E-state index is 3.49. The van der Waals surface area contributed by atoms with Crippen LogP contribution in [0.5, 0.6) is 0 Å². The molecular weight excluding hydrogens is 582 g/mol. The van der Waals surface area contributed by atoms with Crippen molar-refractivity contribution < 1.29 is 0 Å². The van der Waals surface area contributed by atoms with Crippen LogP contribution >= 0.6 is 47.8 Å². The quantitative estimate of drug-likeness (QED) is 0.298. The molecule has 0 aromatic carbocycles. The molecule has 0 aliphatic heterocycles. The average molecular weight is 595 g/mol. The van der Waals surface area contributed by atoms with E-state index in [1.807, 2.05) is 0 Å². The zero-order chi connectivity index (χ0) is 14.5. The summed E-state index contributed by atoms with van der Waals surface area (Å²) in [5.41, 5.74) is 4.55. The SMILES string of the molecule is Brc1c[se]cc1Br.C[Si](C)(C)C#Cc1c[se]cc1Br. The van der Waals surface area contributed by atoms with E-state index in [1.165, 1.54) is 19.0 Å². The summed E-state index contributed by atoms with van der Waals surface area (Å²) in [6.07, 6.45) is 0. The molecule has 6 heteroatoms. The van der Waals surface area contributed by atoms with Crippen molar-refractivity contribution >= 4 is 84.9 Å². The summed E-state index contributed by atoms with van der Waals surface area (Å²) in [4.78, 5) is 8.79. The van der Waals surface area contributed by atoms with Crippen molar-refractivity contribution in [1.29, 1.82) is 0 Å². The molecule has 0 N–H and O–H groups in total. The van der Waals surface area contributed by atoms with E-state index in [-0.39, 0.29) is 0 Å². The van der Waals surface area contributed by atoms with Gasteiger partial charge >= 0.3 is 155 Å².